The second-order valence-electron chi connectivity index (χ2n) is 8.43. The summed E-state index contributed by atoms with van der Waals surface area (Å²) in [6, 6.07) is 12.1. The average molecular weight is 496 g/mol. The van der Waals surface area contributed by atoms with Gasteiger partial charge in [0.05, 0.1) is 16.6 Å². The first-order chi connectivity index (χ1) is 16.9. The van der Waals surface area contributed by atoms with E-state index in [1.807, 2.05) is 34.9 Å². The molecule has 1 N–H and O–H groups in total. The summed E-state index contributed by atoms with van der Waals surface area (Å²) in [6.45, 7) is 2.34. The third kappa shape index (κ3) is 4.58. The van der Waals surface area contributed by atoms with Crippen LogP contribution in [-0.2, 0) is 17.8 Å². The Labute approximate surface area is 204 Å². The van der Waals surface area contributed by atoms with Crippen LogP contribution < -0.4 is 10.9 Å². The summed E-state index contributed by atoms with van der Waals surface area (Å²) < 4.78 is 30.9. The number of aromatic nitrogens is 4. The van der Waals surface area contributed by atoms with Gasteiger partial charge in [-0.2, -0.15) is 4.68 Å². The highest BCUT2D eigenvalue weighted by molar-refractivity contribution is 8.00. The van der Waals surface area contributed by atoms with E-state index < -0.39 is 22.8 Å². The van der Waals surface area contributed by atoms with Gasteiger partial charge in [-0.3, -0.25) is 9.59 Å². The second kappa shape index (κ2) is 9.61. The van der Waals surface area contributed by atoms with E-state index in [1.54, 1.807) is 6.92 Å². The van der Waals surface area contributed by atoms with E-state index in [2.05, 4.69) is 15.4 Å². The zero-order valence-corrected chi connectivity index (χ0v) is 19.8. The molecule has 0 spiro atoms. The number of fused-ring (bicyclic) bond motifs is 3. The Morgan fingerprint density at radius 3 is 2.71 bits per heavy atom. The van der Waals surface area contributed by atoms with Crippen LogP contribution in [0, 0.1) is 11.6 Å². The summed E-state index contributed by atoms with van der Waals surface area (Å²) >= 11 is 1.20. The molecule has 35 heavy (non-hydrogen) atoms. The molecule has 3 aliphatic rings. The summed E-state index contributed by atoms with van der Waals surface area (Å²) in [7, 11) is 0. The van der Waals surface area contributed by atoms with Crippen molar-refractivity contribution in [2.24, 2.45) is 0 Å². The molecular formula is C25H23F2N5O2S. The van der Waals surface area contributed by atoms with Gasteiger partial charge in [-0.25, -0.2) is 13.8 Å². The molecule has 1 unspecified atom stereocenters. The number of nitrogens with one attached hydrogen (secondary N) is 1. The molecule has 10 heteroatoms. The van der Waals surface area contributed by atoms with Crippen molar-refractivity contribution in [2.75, 3.05) is 5.32 Å². The van der Waals surface area contributed by atoms with Gasteiger partial charge in [0.15, 0.2) is 11.0 Å². The van der Waals surface area contributed by atoms with Gasteiger partial charge in [-0.15, -0.1) is 5.10 Å². The van der Waals surface area contributed by atoms with E-state index in [4.69, 9.17) is 0 Å². The summed E-state index contributed by atoms with van der Waals surface area (Å²) in [5.74, 6) is -1.51. The fraction of sp³-hybridized carbons (Fsp3) is 0.280. The number of hydrogen-bond acceptors (Lipinski definition) is 5. The van der Waals surface area contributed by atoms with Gasteiger partial charge in [-0.05, 0) is 50.5 Å². The van der Waals surface area contributed by atoms with Crippen LogP contribution >= 0.6 is 11.8 Å². The summed E-state index contributed by atoms with van der Waals surface area (Å²) in [4.78, 5) is 30.8. The van der Waals surface area contributed by atoms with Crippen LogP contribution in [0.3, 0.4) is 0 Å². The Morgan fingerprint density at radius 2 is 1.91 bits per heavy atom. The third-order valence-electron chi connectivity index (χ3n) is 6.01. The Balaban J connectivity index is 1.52. The van der Waals surface area contributed by atoms with E-state index in [1.165, 1.54) is 16.4 Å². The molecule has 0 aromatic heterocycles. The molecule has 0 saturated carbocycles. The fourth-order valence-corrected chi connectivity index (χ4v) is 5.18. The minimum atomic E-state index is -0.714. The van der Waals surface area contributed by atoms with Crippen molar-refractivity contribution < 1.29 is 13.6 Å². The van der Waals surface area contributed by atoms with E-state index in [9.17, 15) is 18.4 Å². The second-order valence-corrected chi connectivity index (χ2v) is 9.74. The number of para-hydroxylation sites is 1. The van der Waals surface area contributed by atoms with Crippen LogP contribution in [0.1, 0.15) is 31.9 Å². The largest absolute Gasteiger partial charge is 0.324 e. The molecule has 5 rings (SSSR count). The molecule has 7 nitrogen and oxygen atoms in total. The number of halogens is 2. The van der Waals surface area contributed by atoms with Crippen LogP contribution in [0.4, 0.5) is 14.5 Å². The first kappa shape index (κ1) is 23.2. The molecule has 2 aromatic carbocycles. The normalized spacial score (nSPS) is 14.4. The molecule has 0 radical (unpaired) electrons. The Kier molecular flexibility index (Phi) is 6.38. The third-order valence-corrected chi connectivity index (χ3v) is 7.10. The van der Waals surface area contributed by atoms with Crippen LogP contribution in [0.15, 0.2) is 58.5 Å². The zero-order valence-electron chi connectivity index (χ0n) is 19.0. The summed E-state index contributed by atoms with van der Waals surface area (Å²) in [5, 5.41) is 6.85. The van der Waals surface area contributed by atoms with Gasteiger partial charge in [0, 0.05) is 18.3 Å². The Morgan fingerprint density at radius 1 is 1.11 bits per heavy atom. The van der Waals surface area contributed by atoms with Crippen LogP contribution in [0.5, 0.6) is 0 Å². The zero-order chi connectivity index (χ0) is 24.5. The lowest BCUT2D eigenvalue weighted by Gasteiger charge is -2.20. The smallest absolute Gasteiger partial charge is 0.284 e. The van der Waals surface area contributed by atoms with Crippen molar-refractivity contribution in [3.8, 4) is 17.1 Å². The maximum absolute atomic E-state index is 14.0. The highest BCUT2D eigenvalue weighted by atomic mass is 32.2. The van der Waals surface area contributed by atoms with Gasteiger partial charge in [-0.1, -0.05) is 36.4 Å². The maximum atomic E-state index is 14.0. The topological polar surface area (TPSA) is 81.8 Å². The van der Waals surface area contributed by atoms with Crippen molar-refractivity contribution in [3.05, 3.63) is 76.2 Å². The molecule has 3 heterocycles. The molecule has 0 aliphatic carbocycles. The number of amides is 1. The predicted octanol–water partition coefficient (Wildman–Crippen LogP) is 4.66. The average Bonchev–Trinajstić information content (AvgIpc) is 3.01. The maximum Gasteiger partial charge on any atom is 0.284 e. The molecule has 2 aromatic rings. The molecule has 0 bridgehead atoms. The molecule has 1 amide bonds. The quantitative estimate of drug-likeness (QED) is 0.322. The van der Waals surface area contributed by atoms with Gasteiger partial charge < -0.3 is 9.88 Å². The van der Waals surface area contributed by atoms with Crippen molar-refractivity contribution in [2.45, 2.75) is 49.6 Å². The molecule has 0 fully saturated rings. The van der Waals surface area contributed by atoms with Crippen molar-refractivity contribution in [1.29, 1.82) is 0 Å². The lowest BCUT2D eigenvalue weighted by molar-refractivity contribution is -0.115. The highest BCUT2D eigenvalue weighted by Crippen LogP contribution is 2.32. The first-order valence-corrected chi connectivity index (χ1v) is 12.3. The lowest BCUT2D eigenvalue weighted by atomic mass is 10.1. The monoisotopic (exact) mass is 495 g/mol. The fourth-order valence-electron chi connectivity index (χ4n) is 4.23. The molecule has 0 saturated heterocycles. The summed E-state index contributed by atoms with van der Waals surface area (Å²) in [6.07, 6.45) is 3.59. The van der Waals surface area contributed by atoms with Gasteiger partial charge >= 0.3 is 0 Å². The van der Waals surface area contributed by atoms with Crippen molar-refractivity contribution in [1.82, 2.24) is 19.3 Å². The van der Waals surface area contributed by atoms with E-state index in [0.29, 0.717) is 35.2 Å². The molecule has 180 valence electrons. The standard InChI is InChI=1S/C25H23F2N5O2S/c1-15(23(33)28-19-14-16(26)11-12-18(19)27)35-25-29-22-21(20-10-6-3-7-13-31(20)25)24(34)32(30-22)17-8-4-2-5-9-17/h2,4-5,8-9,11-12,14-15H,3,6-7,10,13H2,1H3,(H,28,33). The molecule has 1 atom stereocenters. The molecular weight excluding hydrogens is 472 g/mol. The Hall–Kier alpha value is -3.53. The number of hydrogen-bond donors (Lipinski definition) is 1. The first-order valence-electron chi connectivity index (χ1n) is 11.4. The number of thioether (sulfide) groups is 1. The highest BCUT2D eigenvalue weighted by Gasteiger charge is 2.28. The molecule has 3 aliphatic heterocycles. The number of carbonyl (C=O) groups is 1. The Bertz CT molecular complexity index is 1420. The number of rotatable bonds is 5. The van der Waals surface area contributed by atoms with Crippen LogP contribution in [-0.4, -0.2) is 30.5 Å². The SMILES string of the molecule is CC(Sc1nc2nn(-c3ccccc3)c(=O)c-2c2n1CCCCC2)C(=O)Nc1cc(F)ccc1F. The minimum absolute atomic E-state index is 0.213. The van der Waals surface area contributed by atoms with E-state index in [-0.39, 0.29) is 11.2 Å². The lowest BCUT2D eigenvalue weighted by Crippen LogP contribution is -2.25. The number of benzene rings is 2. The van der Waals surface area contributed by atoms with E-state index in [0.717, 1.165) is 43.2 Å². The van der Waals surface area contributed by atoms with Crippen LogP contribution in [0.2, 0.25) is 0 Å². The summed E-state index contributed by atoms with van der Waals surface area (Å²) in [5.41, 5.74) is 1.59. The van der Waals surface area contributed by atoms with E-state index >= 15 is 0 Å². The van der Waals surface area contributed by atoms with Gasteiger partial charge in [0.25, 0.3) is 5.56 Å². The van der Waals surface area contributed by atoms with Gasteiger partial charge in [0.1, 0.15) is 17.2 Å². The minimum Gasteiger partial charge on any atom is -0.324 e. The van der Waals surface area contributed by atoms with Crippen molar-refractivity contribution >= 4 is 23.4 Å². The number of anilines is 1. The van der Waals surface area contributed by atoms with Crippen LogP contribution in [0.25, 0.3) is 17.1 Å². The van der Waals surface area contributed by atoms with Gasteiger partial charge in [0.2, 0.25) is 5.91 Å². The van der Waals surface area contributed by atoms with Crippen molar-refractivity contribution in [3.63, 3.8) is 0 Å². The number of carbonyl (C=O) groups excluding carboxylic acids is 1. The predicted molar refractivity (Wildman–Crippen MR) is 130 cm³/mol. The number of nitrogens with zero attached hydrogens (tertiary/aromatic N) is 4.